The smallest absolute Gasteiger partial charge is 0.255 e. The van der Waals surface area contributed by atoms with Gasteiger partial charge in [-0.1, -0.05) is 49.0 Å². The molecular weight excluding hydrogens is 422 g/mol. The Morgan fingerprint density at radius 3 is 2.59 bits per heavy atom. The molecule has 1 aromatic heterocycles. The molecule has 7 nitrogen and oxygen atoms in total. The Morgan fingerprint density at radius 2 is 1.91 bits per heavy atom. The molecule has 2 N–H and O–H groups in total. The van der Waals surface area contributed by atoms with Crippen molar-refractivity contribution in [3.63, 3.8) is 0 Å². The maximum atomic E-state index is 13.4. The monoisotopic (exact) mass is 449 g/mol. The molecular formula is C24H27N5O2S. The third-order valence-corrected chi connectivity index (χ3v) is 6.10. The molecule has 32 heavy (non-hydrogen) atoms. The lowest BCUT2D eigenvalue weighted by Gasteiger charge is -2.28. The van der Waals surface area contributed by atoms with Crippen LogP contribution in [-0.4, -0.2) is 33.0 Å². The number of thioether (sulfide) groups is 1. The number of allylic oxidation sites excluding steroid dienone is 1. The van der Waals surface area contributed by atoms with E-state index in [1.807, 2.05) is 68.4 Å². The van der Waals surface area contributed by atoms with E-state index in [1.165, 1.54) is 0 Å². The van der Waals surface area contributed by atoms with Crippen molar-refractivity contribution in [3.8, 4) is 5.75 Å². The molecule has 1 atom stereocenters. The van der Waals surface area contributed by atoms with Crippen molar-refractivity contribution in [1.29, 1.82) is 0 Å². The lowest BCUT2D eigenvalue weighted by Crippen LogP contribution is -2.31. The summed E-state index contributed by atoms with van der Waals surface area (Å²) in [6, 6.07) is 16.9. The van der Waals surface area contributed by atoms with E-state index in [0.717, 1.165) is 34.9 Å². The van der Waals surface area contributed by atoms with E-state index in [4.69, 9.17) is 9.84 Å². The molecule has 0 aliphatic carbocycles. The van der Waals surface area contributed by atoms with Crippen molar-refractivity contribution in [2.45, 2.75) is 38.4 Å². The van der Waals surface area contributed by atoms with Crippen molar-refractivity contribution >= 4 is 29.3 Å². The number of hydrogen-bond acceptors (Lipinski definition) is 6. The highest BCUT2D eigenvalue weighted by molar-refractivity contribution is 7.99. The van der Waals surface area contributed by atoms with Crippen molar-refractivity contribution in [2.24, 2.45) is 0 Å². The number of rotatable bonds is 8. The molecule has 2 aromatic carbocycles. The third kappa shape index (κ3) is 4.65. The quantitative estimate of drug-likeness (QED) is 0.465. The largest absolute Gasteiger partial charge is 0.494 e. The predicted octanol–water partition coefficient (Wildman–Crippen LogP) is 5.11. The maximum absolute atomic E-state index is 13.4. The maximum Gasteiger partial charge on any atom is 0.255 e. The van der Waals surface area contributed by atoms with Crippen LogP contribution in [0.1, 0.15) is 38.8 Å². The summed E-state index contributed by atoms with van der Waals surface area (Å²) in [7, 11) is 0. The fourth-order valence-electron chi connectivity index (χ4n) is 3.62. The van der Waals surface area contributed by atoms with Gasteiger partial charge < -0.3 is 15.4 Å². The SMILES string of the molecule is CCCSc1nc2n(n1)C(c1ccc(OCC)cc1)C(C(=O)Nc1ccccc1)=C(C)N2. The zero-order valence-corrected chi connectivity index (χ0v) is 19.3. The van der Waals surface area contributed by atoms with Gasteiger partial charge in [0.05, 0.1) is 12.2 Å². The number of ether oxygens (including phenoxy) is 1. The molecule has 4 rings (SSSR count). The standard InChI is InChI=1S/C24H27N5O2S/c1-4-15-32-24-27-23-25-16(3)20(22(30)26-18-9-7-6-8-10-18)21(29(23)28-24)17-11-13-19(14-12-17)31-5-2/h6-14,21H,4-5,15H2,1-3H3,(H,26,30)(H,25,27,28). The number of nitrogens with one attached hydrogen (secondary N) is 2. The van der Waals surface area contributed by atoms with E-state index in [-0.39, 0.29) is 5.91 Å². The Bertz CT molecular complexity index is 1110. The highest BCUT2D eigenvalue weighted by atomic mass is 32.2. The summed E-state index contributed by atoms with van der Waals surface area (Å²) in [6.45, 7) is 6.58. The highest BCUT2D eigenvalue weighted by Gasteiger charge is 2.34. The minimum absolute atomic E-state index is 0.177. The van der Waals surface area contributed by atoms with Gasteiger partial charge in [0.2, 0.25) is 11.1 Å². The molecule has 1 amide bonds. The molecule has 0 saturated heterocycles. The fourth-order valence-corrected chi connectivity index (χ4v) is 4.30. The van der Waals surface area contributed by atoms with E-state index >= 15 is 0 Å². The summed E-state index contributed by atoms with van der Waals surface area (Å²) in [5, 5.41) is 11.7. The van der Waals surface area contributed by atoms with Gasteiger partial charge in [-0.25, -0.2) is 4.68 Å². The van der Waals surface area contributed by atoms with Gasteiger partial charge in [0.25, 0.3) is 5.91 Å². The second-order valence-corrected chi connectivity index (χ2v) is 8.46. The number of amides is 1. The molecule has 3 aromatic rings. The van der Waals surface area contributed by atoms with E-state index in [2.05, 4.69) is 22.5 Å². The first-order valence-corrected chi connectivity index (χ1v) is 11.8. The number of anilines is 2. The second-order valence-electron chi connectivity index (χ2n) is 7.40. The molecule has 8 heteroatoms. The lowest BCUT2D eigenvalue weighted by molar-refractivity contribution is -0.113. The zero-order valence-electron chi connectivity index (χ0n) is 18.5. The van der Waals surface area contributed by atoms with Crippen LogP contribution in [0.2, 0.25) is 0 Å². The van der Waals surface area contributed by atoms with Crippen LogP contribution in [0.15, 0.2) is 71.0 Å². The number of carbonyl (C=O) groups is 1. The number of nitrogens with zero attached hydrogens (tertiary/aromatic N) is 3. The highest BCUT2D eigenvalue weighted by Crippen LogP contribution is 2.37. The van der Waals surface area contributed by atoms with E-state index < -0.39 is 6.04 Å². The van der Waals surface area contributed by atoms with Crippen molar-refractivity contribution in [3.05, 3.63) is 71.4 Å². The summed E-state index contributed by atoms with van der Waals surface area (Å²) < 4.78 is 7.40. The van der Waals surface area contributed by atoms with E-state index in [0.29, 0.717) is 23.3 Å². The Labute approximate surface area is 192 Å². The molecule has 1 unspecified atom stereocenters. The van der Waals surface area contributed by atoms with Crippen molar-refractivity contribution in [2.75, 3.05) is 23.0 Å². The molecule has 0 saturated carbocycles. The second kappa shape index (κ2) is 9.91. The first-order valence-electron chi connectivity index (χ1n) is 10.8. The molecule has 0 bridgehead atoms. The average Bonchev–Trinajstić information content (AvgIpc) is 3.20. The van der Waals surface area contributed by atoms with Gasteiger partial charge in [0, 0.05) is 17.1 Å². The number of benzene rings is 2. The number of hydrogen-bond donors (Lipinski definition) is 2. The molecule has 2 heterocycles. The zero-order chi connectivity index (χ0) is 22.5. The van der Waals surface area contributed by atoms with Crippen molar-refractivity contribution < 1.29 is 9.53 Å². The summed E-state index contributed by atoms with van der Waals surface area (Å²) in [5.74, 6) is 2.18. The molecule has 0 spiro atoms. The Kier molecular flexibility index (Phi) is 6.80. The normalized spacial score (nSPS) is 15.2. The summed E-state index contributed by atoms with van der Waals surface area (Å²) in [4.78, 5) is 18.1. The Hall–Kier alpha value is -3.26. The van der Waals surface area contributed by atoms with Gasteiger partial charge in [0.1, 0.15) is 11.8 Å². The van der Waals surface area contributed by atoms with Gasteiger partial charge in [-0.3, -0.25) is 4.79 Å². The van der Waals surface area contributed by atoms with Crippen LogP contribution in [0.4, 0.5) is 11.6 Å². The molecule has 0 radical (unpaired) electrons. The fraction of sp³-hybridized carbons (Fsp3) is 0.292. The van der Waals surface area contributed by atoms with Gasteiger partial charge in [-0.2, -0.15) is 4.98 Å². The van der Waals surface area contributed by atoms with E-state index in [9.17, 15) is 4.79 Å². The van der Waals surface area contributed by atoms with Gasteiger partial charge in [-0.05, 0) is 50.1 Å². The summed E-state index contributed by atoms with van der Waals surface area (Å²) >= 11 is 1.61. The number of fused-ring (bicyclic) bond motifs is 1. The molecule has 1 aliphatic heterocycles. The average molecular weight is 450 g/mol. The molecule has 1 aliphatic rings. The first kappa shape index (κ1) is 22.0. The van der Waals surface area contributed by atoms with Gasteiger partial charge in [0.15, 0.2) is 0 Å². The van der Waals surface area contributed by atoms with Crippen LogP contribution in [0.3, 0.4) is 0 Å². The number of carbonyl (C=O) groups excluding carboxylic acids is 1. The van der Waals surface area contributed by atoms with Crippen LogP contribution in [0.25, 0.3) is 0 Å². The molecule has 166 valence electrons. The Morgan fingerprint density at radius 1 is 1.16 bits per heavy atom. The minimum atomic E-state index is -0.408. The Balaban J connectivity index is 1.74. The third-order valence-electron chi connectivity index (χ3n) is 5.05. The summed E-state index contributed by atoms with van der Waals surface area (Å²) in [5.41, 5.74) is 3.03. The predicted molar refractivity (Wildman–Crippen MR) is 128 cm³/mol. The van der Waals surface area contributed by atoms with Crippen LogP contribution in [-0.2, 0) is 4.79 Å². The van der Waals surface area contributed by atoms with Crippen LogP contribution < -0.4 is 15.4 Å². The minimum Gasteiger partial charge on any atom is -0.494 e. The van der Waals surface area contributed by atoms with Crippen LogP contribution in [0.5, 0.6) is 5.75 Å². The van der Waals surface area contributed by atoms with Crippen molar-refractivity contribution in [1.82, 2.24) is 14.8 Å². The number of para-hydroxylation sites is 1. The topological polar surface area (TPSA) is 81.1 Å². The van der Waals surface area contributed by atoms with Gasteiger partial charge in [-0.15, -0.1) is 5.10 Å². The van der Waals surface area contributed by atoms with Gasteiger partial charge >= 0.3 is 0 Å². The van der Waals surface area contributed by atoms with E-state index in [1.54, 1.807) is 16.4 Å². The molecule has 0 fully saturated rings. The first-order chi connectivity index (χ1) is 15.6. The number of aromatic nitrogens is 3. The summed E-state index contributed by atoms with van der Waals surface area (Å²) in [6.07, 6.45) is 1.03. The van der Waals surface area contributed by atoms with Crippen LogP contribution in [0, 0.1) is 0 Å². The van der Waals surface area contributed by atoms with Crippen LogP contribution >= 0.6 is 11.8 Å². The lowest BCUT2D eigenvalue weighted by atomic mass is 9.95.